The lowest BCUT2D eigenvalue weighted by Crippen LogP contribution is -2.59. The number of nitrogens with one attached hydrogen (secondary N) is 5. The first kappa shape index (κ1) is 36.3. The smallest absolute Gasteiger partial charge is 0.318 e. The van der Waals surface area contributed by atoms with Crippen molar-refractivity contribution in [1.29, 1.82) is 0 Å². The third-order valence-corrected chi connectivity index (χ3v) is 10.3. The maximum atomic E-state index is 14.1. The van der Waals surface area contributed by atoms with E-state index < -0.39 is 36.0 Å². The number of carbonyl (C=O) groups is 3. The van der Waals surface area contributed by atoms with Crippen molar-refractivity contribution in [3.63, 3.8) is 0 Å². The van der Waals surface area contributed by atoms with Crippen LogP contribution in [0, 0.1) is 5.92 Å². The van der Waals surface area contributed by atoms with Crippen LogP contribution in [0.5, 0.6) is 0 Å². The number of H-pyrrole nitrogens is 2. The summed E-state index contributed by atoms with van der Waals surface area (Å²) in [5.41, 5.74) is 7.50. The molecule has 0 bridgehead atoms. The van der Waals surface area contributed by atoms with Crippen molar-refractivity contribution < 1.29 is 19.5 Å². The van der Waals surface area contributed by atoms with Crippen LogP contribution in [-0.2, 0) is 22.4 Å². The van der Waals surface area contributed by atoms with E-state index >= 15 is 0 Å². The number of aliphatic hydroxyl groups is 1. The average molecular weight is 696 g/mol. The first-order chi connectivity index (χ1) is 23.8. The number of hydrogen-bond donors (Lipinski definition) is 7. The molecule has 4 amide bonds. The Morgan fingerprint density at radius 3 is 2.41 bits per heavy atom. The van der Waals surface area contributed by atoms with Crippen LogP contribution < -0.4 is 21.7 Å². The van der Waals surface area contributed by atoms with Crippen LogP contribution in [0.1, 0.15) is 69.0 Å². The van der Waals surface area contributed by atoms with Crippen LogP contribution >= 0.6 is 11.8 Å². The van der Waals surface area contributed by atoms with Crippen molar-refractivity contribution in [3.05, 3.63) is 54.1 Å². The second kappa shape index (κ2) is 18.7. The summed E-state index contributed by atoms with van der Waals surface area (Å²) >= 11 is 1.40. The highest BCUT2D eigenvalue weighted by Gasteiger charge is 2.33. The fraction of sp³-hybridized carbons (Fsp3) is 0.606. The number of aromatic amines is 2. The van der Waals surface area contributed by atoms with Gasteiger partial charge in [0.15, 0.2) is 0 Å². The predicted molar refractivity (Wildman–Crippen MR) is 184 cm³/mol. The first-order valence-electron chi connectivity index (χ1n) is 17.3. The summed E-state index contributed by atoms with van der Waals surface area (Å²) in [6, 6.07) is 6.69. The maximum absolute atomic E-state index is 14.1. The van der Waals surface area contributed by atoms with Gasteiger partial charge in [0, 0.05) is 43.9 Å². The van der Waals surface area contributed by atoms with Crippen LogP contribution in [0.4, 0.5) is 4.79 Å². The zero-order chi connectivity index (χ0) is 34.4. The van der Waals surface area contributed by atoms with E-state index in [1.165, 1.54) is 24.5 Å². The number of benzene rings is 1. The second-order valence-electron chi connectivity index (χ2n) is 13.1. The molecule has 16 heteroatoms. The van der Waals surface area contributed by atoms with Gasteiger partial charge in [0.05, 0.1) is 24.2 Å². The fourth-order valence-corrected chi connectivity index (χ4v) is 7.31. The molecule has 3 heterocycles. The number of tetrazole rings is 1. The first-order valence-corrected chi connectivity index (χ1v) is 18.3. The van der Waals surface area contributed by atoms with Gasteiger partial charge in [-0.15, -0.1) is 5.10 Å². The molecule has 1 saturated heterocycles. The molecule has 2 aromatic heterocycles. The Bertz CT molecular complexity index is 1420. The number of nitrogens with zero attached hydrogens (tertiary/aromatic N) is 5. The van der Waals surface area contributed by atoms with Crippen LogP contribution in [0.3, 0.4) is 0 Å². The zero-order valence-electron chi connectivity index (χ0n) is 27.8. The number of likely N-dealkylation sites (tertiary alicyclic amines) is 1. The molecule has 2 fully saturated rings. The Balaban J connectivity index is 1.30. The maximum Gasteiger partial charge on any atom is 0.318 e. The molecule has 266 valence electrons. The summed E-state index contributed by atoms with van der Waals surface area (Å²) in [6.07, 6.45) is 10.7. The zero-order valence-corrected chi connectivity index (χ0v) is 28.6. The number of urea groups is 1. The summed E-state index contributed by atoms with van der Waals surface area (Å²) in [4.78, 5) is 50.3. The molecule has 2 aliphatic rings. The number of thioether (sulfide) groups is 1. The van der Waals surface area contributed by atoms with Crippen molar-refractivity contribution >= 4 is 29.6 Å². The van der Waals surface area contributed by atoms with Crippen LogP contribution in [0.15, 0.2) is 48.0 Å². The summed E-state index contributed by atoms with van der Waals surface area (Å²) in [5.74, 6) is 0.0296. The number of imidazole rings is 1. The third kappa shape index (κ3) is 11.5. The van der Waals surface area contributed by atoms with Crippen LogP contribution in [-0.4, -0.2) is 108 Å². The lowest BCUT2D eigenvalue weighted by molar-refractivity contribution is -0.130. The molecule has 0 unspecified atom stereocenters. The molecule has 4 atom stereocenters. The summed E-state index contributed by atoms with van der Waals surface area (Å²) in [6.45, 7) is 1.02. The molecule has 49 heavy (non-hydrogen) atoms. The minimum atomic E-state index is -1.00. The molecule has 1 aliphatic heterocycles. The van der Waals surface area contributed by atoms with Gasteiger partial charge in [0.2, 0.25) is 17.0 Å². The topological polar surface area (TPSA) is 220 Å². The number of rotatable bonds is 16. The molecule has 0 radical (unpaired) electrons. The van der Waals surface area contributed by atoms with Crippen molar-refractivity contribution in [3.8, 4) is 0 Å². The third-order valence-electron chi connectivity index (χ3n) is 9.41. The molecule has 1 aliphatic carbocycles. The van der Waals surface area contributed by atoms with E-state index in [9.17, 15) is 19.5 Å². The Morgan fingerprint density at radius 1 is 0.980 bits per heavy atom. The highest BCUT2D eigenvalue weighted by Crippen LogP contribution is 2.29. The van der Waals surface area contributed by atoms with E-state index in [0.29, 0.717) is 61.3 Å². The molecular weight excluding hydrogens is 647 g/mol. The average Bonchev–Trinajstić information content (AvgIpc) is 3.83. The van der Waals surface area contributed by atoms with Crippen molar-refractivity contribution in [2.75, 3.05) is 18.8 Å². The molecule has 1 saturated carbocycles. The number of piperidine rings is 1. The van der Waals surface area contributed by atoms with E-state index in [-0.39, 0.29) is 24.9 Å². The van der Waals surface area contributed by atoms with Crippen LogP contribution in [0.2, 0.25) is 0 Å². The van der Waals surface area contributed by atoms with Crippen molar-refractivity contribution in [2.24, 2.45) is 11.7 Å². The van der Waals surface area contributed by atoms with E-state index in [1.54, 1.807) is 11.1 Å². The molecule has 3 aromatic rings. The SMILES string of the molecule is NC1CCN(C(=O)N[C@@H](Cc2ccccc2)C(=O)N[C@@H](Cc2c[nH]cn2)C(=O)N[C@@H](CC2CCCCC2)[C@@H](O)CCSc2nnn[nH]2)CC1. The van der Waals surface area contributed by atoms with Gasteiger partial charge in [-0.05, 0) is 47.6 Å². The minimum Gasteiger partial charge on any atom is -0.391 e. The van der Waals surface area contributed by atoms with Gasteiger partial charge in [-0.2, -0.15) is 0 Å². The van der Waals surface area contributed by atoms with Gasteiger partial charge < -0.3 is 36.7 Å². The number of carbonyl (C=O) groups excluding carboxylic acids is 3. The summed E-state index contributed by atoms with van der Waals surface area (Å²) < 4.78 is 0. The molecule has 15 nitrogen and oxygen atoms in total. The molecule has 1 aromatic carbocycles. The van der Waals surface area contributed by atoms with Gasteiger partial charge in [-0.25, -0.2) is 14.9 Å². The van der Waals surface area contributed by atoms with E-state index in [4.69, 9.17) is 5.73 Å². The Hall–Kier alpha value is -4.02. The van der Waals surface area contributed by atoms with Crippen molar-refractivity contribution in [2.45, 2.75) is 106 Å². The number of amides is 4. The minimum absolute atomic E-state index is 0.0543. The number of aliphatic hydroxyl groups excluding tert-OH is 1. The highest BCUT2D eigenvalue weighted by atomic mass is 32.2. The normalized spacial score (nSPS) is 18.3. The van der Waals surface area contributed by atoms with Gasteiger partial charge in [0.1, 0.15) is 12.1 Å². The Morgan fingerprint density at radius 2 is 1.71 bits per heavy atom. The van der Waals surface area contributed by atoms with E-state index in [0.717, 1.165) is 31.2 Å². The van der Waals surface area contributed by atoms with Crippen molar-refractivity contribution in [1.82, 2.24) is 51.4 Å². The lowest BCUT2D eigenvalue weighted by atomic mass is 9.83. The Kier molecular flexibility index (Phi) is 13.8. The quantitative estimate of drug-likeness (QED) is 0.108. The molecular formula is C33H49N11O4S. The fourth-order valence-electron chi connectivity index (χ4n) is 6.56. The van der Waals surface area contributed by atoms with E-state index in [1.807, 2.05) is 30.3 Å². The molecule has 5 rings (SSSR count). The van der Waals surface area contributed by atoms with Gasteiger partial charge in [-0.1, -0.05) is 74.2 Å². The monoisotopic (exact) mass is 695 g/mol. The summed E-state index contributed by atoms with van der Waals surface area (Å²) in [5, 5.41) is 34.7. The number of aromatic nitrogens is 6. The predicted octanol–water partition coefficient (Wildman–Crippen LogP) is 1.69. The van der Waals surface area contributed by atoms with E-state index in [2.05, 4.69) is 46.5 Å². The lowest BCUT2D eigenvalue weighted by Gasteiger charge is -2.33. The number of nitrogens with two attached hydrogens (primary N) is 1. The molecule has 8 N–H and O–H groups in total. The number of hydrogen-bond acceptors (Lipinski definition) is 10. The largest absolute Gasteiger partial charge is 0.391 e. The highest BCUT2D eigenvalue weighted by molar-refractivity contribution is 7.99. The standard InChI is InChI=1S/C33H49N11O4S/c34-24-11-14-44(15-12-24)33(48)39-27(18-23-9-5-2-6-10-23)30(46)38-28(19-25-20-35-21-36-25)31(47)37-26(17-22-7-3-1-4-8-22)29(45)13-16-49-32-40-42-43-41-32/h2,5-6,9-10,20-22,24,26-29,45H,1,3-4,7-8,11-19,34H2,(H,35,36)(H,37,47)(H,38,46)(H,39,48)(H,40,41,42,43)/t26-,27-,28-,29-/m0/s1. The Labute approximate surface area is 290 Å². The second-order valence-corrected chi connectivity index (χ2v) is 14.2. The summed E-state index contributed by atoms with van der Waals surface area (Å²) in [7, 11) is 0. The van der Waals surface area contributed by atoms with Gasteiger partial charge >= 0.3 is 6.03 Å². The van der Waals surface area contributed by atoms with Crippen LogP contribution in [0.25, 0.3) is 0 Å². The molecule has 0 spiro atoms. The van der Waals surface area contributed by atoms with Gasteiger partial charge in [-0.3, -0.25) is 9.59 Å². The van der Waals surface area contributed by atoms with Gasteiger partial charge in [0.25, 0.3) is 0 Å².